The van der Waals surface area contributed by atoms with Crippen LogP contribution in [0.3, 0.4) is 0 Å². The number of halogens is 2. The van der Waals surface area contributed by atoms with Gasteiger partial charge in [0.2, 0.25) is 11.8 Å². The van der Waals surface area contributed by atoms with Gasteiger partial charge in [0.25, 0.3) is 0 Å². The lowest BCUT2D eigenvalue weighted by molar-refractivity contribution is -0.132. The van der Waals surface area contributed by atoms with Gasteiger partial charge >= 0.3 is 0 Å². The molecule has 2 heterocycles. The molecule has 0 fully saturated rings. The van der Waals surface area contributed by atoms with Crippen LogP contribution in [0.5, 0.6) is 5.75 Å². The fourth-order valence-electron chi connectivity index (χ4n) is 3.02. The number of hydrogen-bond acceptors (Lipinski definition) is 4. The quantitative estimate of drug-likeness (QED) is 0.622. The van der Waals surface area contributed by atoms with E-state index in [1.807, 2.05) is 4.90 Å². The van der Waals surface area contributed by atoms with Gasteiger partial charge in [-0.05, 0) is 48.1 Å². The fraction of sp³-hybridized carbons (Fsp3) is 0.400. The van der Waals surface area contributed by atoms with Crippen molar-refractivity contribution < 1.29 is 14.3 Å². The third-order valence-corrected chi connectivity index (χ3v) is 6.07. The molecular weight excluding hydrogens is 419 g/mol. The van der Waals surface area contributed by atoms with E-state index in [0.29, 0.717) is 54.8 Å². The molecule has 0 unspecified atom stereocenters. The molecule has 0 saturated carbocycles. The summed E-state index contributed by atoms with van der Waals surface area (Å²) in [6, 6.07) is 7.11. The van der Waals surface area contributed by atoms with Crippen molar-refractivity contribution in [3.05, 3.63) is 50.1 Å². The minimum absolute atomic E-state index is 0.0814. The van der Waals surface area contributed by atoms with E-state index in [1.165, 1.54) is 10.4 Å². The van der Waals surface area contributed by atoms with Gasteiger partial charge in [0.15, 0.2) is 0 Å². The van der Waals surface area contributed by atoms with Gasteiger partial charge in [-0.2, -0.15) is 0 Å². The maximum absolute atomic E-state index is 12.3. The van der Waals surface area contributed by atoms with Gasteiger partial charge in [-0.25, -0.2) is 0 Å². The van der Waals surface area contributed by atoms with E-state index < -0.39 is 0 Å². The number of carbonyl (C=O) groups is 2. The normalized spacial score (nSPS) is 13.1. The van der Waals surface area contributed by atoms with Crippen molar-refractivity contribution >= 4 is 46.4 Å². The molecule has 1 aromatic carbocycles. The van der Waals surface area contributed by atoms with Gasteiger partial charge in [-0.15, -0.1) is 11.3 Å². The highest BCUT2D eigenvalue weighted by atomic mass is 35.5. The number of nitrogens with one attached hydrogen (secondary N) is 1. The molecule has 0 atom stereocenters. The minimum Gasteiger partial charge on any atom is -0.492 e. The van der Waals surface area contributed by atoms with Gasteiger partial charge in [-0.1, -0.05) is 23.2 Å². The van der Waals surface area contributed by atoms with Crippen LogP contribution in [0.1, 0.15) is 29.7 Å². The van der Waals surface area contributed by atoms with E-state index in [2.05, 4.69) is 16.8 Å². The first kappa shape index (κ1) is 21.0. The summed E-state index contributed by atoms with van der Waals surface area (Å²) in [6.45, 7) is 2.17. The average molecular weight is 441 g/mol. The van der Waals surface area contributed by atoms with Crippen LogP contribution in [0.2, 0.25) is 10.0 Å². The first-order valence-corrected chi connectivity index (χ1v) is 10.8. The summed E-state index contributed by atoms with van der Waals surface area (Å²) in [5, 5.41) is 5.87. The predicted octanol–water partition coefficient (Wildman–Crippen LogP) is 4.31. The zero-order valence-corrected chi connectivity index (χ0v) is 17.7. The number of fused-ring (bicyclic) bond motifs is 1. The molecule has 8 heteroatoms. The number of benzene rings is 1. The summed E-state index contributed by atoms with van der Waals surface area (Å²) in [5.41, 5.74) is 1.24. The van der Waals surface area contributed by atoms with Crippen molar-refractivity contribution in [2.45, 2.75) is 32.2 Å². The maximum atomic E-state index is 12.3. The molecular formula is C20H22Cl2N2O3S. The second-order valence-electron chi connectivity index (χ2n) is 6.56. The molecule has 1 aromatic heterocycles. The average Bonchev–Trinajstić information content (AvgIpc) is 3.14. The Morgan fingerprint density at radius 2 is 2.07 bits per heavy atom. The van der Waals surface area contributed by atoms with Crippen LogP contribution in [0, 0.1) is 0 Å². The molecule has 0 aliphatic carbocycles. The Morgan fingerprint density at radius 1 is 1.21 bits per heavy atom. The second-order valence-corrected chi connectivity index (χ2v) is 8.41. The molecule has 1 aliphatic heterocycles. The molecule has 0 radical (unpaired) electrons. The van der Waals surface area contributed by atoms with E-state index in [1.54, 1.807) is 29.5 Å². The largest absolute Gasteiger partial charge is 0.492 e. The number of rotatable bonds is 8. The van der Waals surface area contributed by atoms with E-state index in [-0.39, 0.29) is 11.8 Å². The summed E-state index contributed by atoms with van der Waals surface area (Å²) in [4.78, 5) is 27.5. The maximum Gasteiger partial charge on any atom is 0.224 e. The lowest BCUT2D eigenvalue weighted by Crippen LogP contribution is -2.37. The highest BCUT2D eigenvalue weighted by Gasteiger charge is 2.21. The van der Waals surface area contributed by atoms with Crippen molar-refractivity contribution in [3.8, 4) is 5.75 Å². The second kappa shape index (κ2) is 10.1. The Balaban J connectivity index is 1.29. The van der Waals surface area contributed by atoms with Crippen molar-refractivity contribution in [1.82, 2.24) is 10.2 Å². The van der Waals surface area contributed by atoms with Crippen molar-refractivity contribution in [2.24, 2.45) is 0 Å². The van der Waals surface area contributed by atoms with Gasteiger partial charge < -0.3 is 15.0 Å². The first-order valence-electron chi connectivity index (χ1n) is 9.20. The van der Waals surface area contributed by atoms with Crippen LogP contribution in [0.15, 0.2) is 29.6 Å². The first-order chi connectivity index (χ1) is 13.5. The van der Waals surface area contributed by atoms with Gasteiger partial charge in [0.1, 0.15) is 5.75 Å². The zero-order valence-electron chi connectivity index (χ0n) is 15.4. The van der Waals surface area contributed by atoms with E-state index in [0.717, 1.165) is 13.0 Å². The van der Waals surface area contributed by atoms with E-state index >= 15 is 0 Å². The summed E-state index contributed by atoms with van der Waals surface area (Å²) in [7, 11) is 0. The van der Waals surface area contributed by atoms with Crippen molar-refractivity contribution in [2.75, 3.05) is 19.7 Å². The summed E-state index contributed by atoms with van der Waals surface area (Å²) < 4.78 is 5.56. The lowest BCUT2D eigenvalue weighted by Gasteiger charge is -2.27. The number of ether oxygens (including phenoxy) is 1. The number of amides is 2. The zero-order chi connectivity index (χ0) is 19.9. The molecule has 2 amide bonds. The smallest absolute Gasteiger partial charge is 0.224 e. The molecule has 5 nitrogen and oxygen atoms in total. The number of nitrogens with zero attached hydrogens (tertiary/aromatic N) is 1. The standard InChI is InChI=1S/C20H22Cl2N2O3S/c21-15-3-4-17(16(22)12-15)27-10-1-2-19(25)23-8-5-20(26)24-9-6-18-14(13-24)7-11-28-18/h3-4,7,11-12H,1-2,5-6,8-10,13H2,(H,23,25). The van der Waals surface area contributed by atoms with Crippen LogP contribution in [-0.4, -0.2) is 36.4 Å². The minimum atomic E-state index is -0.0858. The predicted molar refractivity (Wildman–Crippen MR) is 112 cm³/mol. The van der Waals surface area contributed by atoms with Crippen molar-refractivity contribution in [1.29, 1.82) is 0 Å². The summed E-state index contributed by atoms with van der Waals surface area (Å²) >= 11 is 13.6. The SMILES string of the molecule is O=C(CCCOc1ccc(Cl)cc1Cl)NCCC(=O)N1CCc2sccc2C1. The van der Waals surface area contributed by atoms with Crippen LogP contribution in [-0.2, 0) is 22.6 Å². The Bertz CT molecular complexity index is 841. The van der Waals surface area contributed by atoms with Gasteiger partial charge in [0, 0.05) is 42.4 Å². The third-order valence-electron chi connectivity index (χ3n) is 4.52. The molecule has 28 heavy (non-hydrogen) atoms. The molecule has 0 saturated heterocycles. The van der Waals surface area contributed by atoms with Gasteiger partial charge in [0.05, 0.1) is 11.6 Å². The molecule has 0 spiro atoms. The molecule has 1 N–H and O–H groups in total. The number of thiophene rings is 1. The molecule has 3 rings (SSSR count). The highest BCUT2D eigenvalue weighted by Crippen LogP contribution is 2.27. The number of hydrogen-bond donors (Lipinski definition) is 1. The Morgan fingerprint density at radius 3 is 2.89 bits per heavy atom. The molecule has 150 valence electrons. The van der Waals surface area contributed by atoms with E-state index in [4.69, 9.17) is 27.9 Å². The summed E-state index contributed by atoms with van der Waals surface area (Å²) in [6.07, 6.45) is 2.14. The van der Waals surface area contributed by atoms with E-state index in [9.17, 15) is 9.59 Å². The topological polar surface area (TPSA) is 58.6 Å². The number of carbonyl (C=O) groups excluding carboxylic acids is 2. The van der Waals surface area contributed by atoms with Gasteiger partial charge in [-0.3, -0.25) is 9.59 Å². The van der Waals surface area contributed by atoms with Crippen LogP contribution < -0.4 is 10.1 Å². The van der Waals surface area contributed by atoms with Crippen LogP contribution in [0.4, 0.5) is 0 Å². The Kier molecular flexibility index (Phi) is 7.59. The van der Waals surface area contributed by atoms with Crippen LogP contribution >= 0.6 is 34.5 Å². The Labute approximate surface area is 178 Å². The fourth-order valence-corrected chi connectivity index (χ4v) is 4.38. The molecule has 2 aromatic rings. The molecule has 1 aliphatic rings. The van der Waals surface area contributed by atoms with Crippen molar-refractivity contribution in [3.63, 3.8) is 0 Å². The molecule has 0 bridgehead atoms. The van der Waals surface area contributed by atoms with Crippen LogP contribution in [0.25, 0.3) is 0 Å². The summed E-state index contributed by atoms with van der Waals surface area (Å²) in [5.74, 6) is 0.544. The third kappa shape index (κ3) is 5.87. The monoisotopic (exact) mass is 440 g/mol. The highest BCUT2D eigenvalue weighted by molar-refractivity contribution is 7.10. The Hall–Kier alpha value is -1.76. The lowest BCUT2D eigenvalue weighted by atomic mass is 10.1.